The molecule has 9 heteroatoms. The van der Waals surface area contributed by atoms with Crippen LogP contribution in [0.1, 0.15) is 0 Å². The maximum atomic E-state index is 8.97. The van der Waals surface area contributed by atoms with E-state index < -0.39 is 16.4 Å². The number of nitrogens with two attached hydrogens (primary N) is 2. The molecule has 0 saturated heterocycles. The molecule has 0 spiro atoms. The van der Waals surface area contributed by atoms with Crippen LogP contribution < -0.4 is 45.5 Å². The van der Waals surface area contributed by atoms with E-state index in [1.165, 1.54) is 0 Å². The molecule has 56 valence electrons. The molecule has 0 aromatic heterocycles. The third kappa shape index (κ3) is 21200. The van der Waals surface area contributed by atoms with E-state index in [9.17, 15) is 0 Å². The Labute approximate surface area is 79.6 Å². The van der Waals surface area contributed by atoms with Crippen molar-refractivity contribution in [2.45, 2.75) is 0 Å². The van der Waals surface area contributed by atoms with Crippen LogP contribution in [0.25, 0.3) is 0 Å². The molecule has 0 atom stereocenters. The van der Waals surface area contributed by atoms with Gasteiger partial charge in [-0.1, -0.05) is 0 Å². The number of carboxylic acid groups (broad SMARTS) is 1. The number of hydrogen-bond donors (Lipinski definition) is 3. The van der Waals surface area contributed by atoms with Crippen LogP contribution in [0.5, 0.6) is 0 Å². The minimum Gasteiger partial charge on any atom is -0.530 e. The molecule has 0 unspecified atom stereocenters. The van der Waals surface area contributed by atoms with Crippen molar-refractivity contribution in [1.29, 1.82) is 0 Å². The van der Waals surface area contributed by atoms with Crippen molar-refractivity contribution in [3.05, 3.63) is 0 Å². The van der Waals surface area contributed by atoms with Gasteiger partial charge in [-0.3, -0.25) is 4.55 Å². The number of carbonyl (C=O) groups is 1. The van der Waals surface area contributed by atoms with E-state index in [2.05, 4.69) is 10.9 Å². The molecular weight excluding hydrogens is 175 g/mol. The van der Waals surface area contributed by atoms with Crippen LogP contribution >= 0.6 is 0 Å². The van der Waals surface area contributed by atoms with Gasteiger partial charge in [-0.25, -0.2) is 5.14 Å². The number of carbonyl (C=O) groups excluding carboxylic acids is 1. The van der Waals surface area contributed by atoms with Crippen molar-refractivity contribution in [3.63, 3.8) is 0 Å². The number of hydrogen-bond acceptors (Lipinski definition) is 4. The van der Waals surface area contributed by atoms with Gasteiger partial charge in [0.15, 0.2) is 0 Å². The van der Waals surface area contributed by atoms with Crippen LogP contribution in [0.4, 0.5) is 4.79 Å². The standard InChI is InChI=1S/CH3NO2.H3NO3S.Na/c2-1(3)4;1-5(2,3)4;/h2H2,(H,3,4);(H3,1,2,3,4);/q;;+1/p-1. The Balaban J connectivity index is -0.0000000910. The zero-order valence-electron chi connectivity index (χ0n) is 5.14. The summed E-state index contributed by atoms with van der Waals surface area (Å²) >= 11 is 0. The maximum Gasteiger partial charge on any atom is 1.00 e. The van der Waals surface area contributed by atoms with E-state index in [0.29, 0.717) is 0 Å². The molecule has 0 saturated carbocycles. The SMILES string of the molecule is NC(=O)[O-].NS(=O)(=O)O.[Na+]. The molecule has 0 rings (SSSR count). The molecule has 0 aliphatic rings. The minimum atomic E-state index is -4.17. The van der Waals surface area contributed by atoms with E-state index in [4.69, 9.17) is 22.9 Å². The van der Waals surface area contributed by atoms with Gasteiger partial charge in [0.05, 0.1) is 0 Å². The van der Waals surface area contributed by atoms with Gasteiger partial charge in [0, 0.05) is 0 Å². The van der Waals surface area contributed by atoms with Gasteiger partial charge in [-0.2, -0.15) is 8.42 Å². The third-order valence-electron chi connectivity index (χ3n) is 0. The average molecular weight is 180 g/mol. The summed E-state index contributed by atoms with van der Waals surface area (Å²) in [5.41, 5.74) is 3.92. The molecule has 10 heavy (non-hydrogen) atoms. The van der Waals surface area contributed by atoms with Gasteiger partial charge < -0.3 is 15.6 Å². The van der Waals surface area contributed by atoms with Crippen molar-refractivity contribution >= 4 is 16.4 Å². The predicted octanol–water partition coefficient (Wildman–Crippen LogP) is -5.96. The fourth-order valence-corrected chi connectivity index (χ4v) is 0. The maximum absolute atomic E-state index is 8.97. The predicted molar refractivity (Wildman–Crippen MR) is 25.3 cm³/mol. The van der Waals surface area contributed by atoms with Crippen molar-refractivity contribution < 1.29 is 52.4 Å². The molecule has 0 fully saturated rings. The largest absolute Gasteiger partial charge is 1.00 e. The molecule has 0 aromatic rings. The molecule has 0 bridgehead atoms. The Morgan fingerprint density at radius 3 is 1.50 bits per heavy atom. The Kier molecular flexibility index (Phi) is 12.0. The minimum absolute atomic E-state index is 0. The van der Waals surface area contributed by atoms with Crippen LogP contribution in [0, 0.1) is 0 Å². The first kappa shape index (κ1) is 16.6. The van der Waals surface area contributed by atoms with Crippen LogP contribution in [-0.2, 0) is 10.3 Å². The second-order valence-electron chi connectivity index (χ2n) is 0.834. The normalized spacial score (nSPS) is 8.20. The molecule has 7 nitrogen and oxygen atoms in total. The van der Waals surface area contributed by atoms with Crippen molar-refractivity contribution in [3.8, 4) is 0 Å². The van der Waals surface area contributed by atoms with Gasteiger partial charge >= 0.3 is 39.9 Å². The smallest absolute Gasteiger partial charge is 0.530 e. The average Bonchev–Trinajstić information content (AvgIpc) is 1.19. The molecule has 0 aliphatic carbocycles. The summed E-state index contributed by atoms with van der Waals surface area (Å²) in [6.07, 6.45) is -1.58. The summed E-state index contributed by atoms with van der Waals surface area (Å²) in [5, 5.41) is 12.5. The molecular formula is CH5N2NaO5S. The van der Waals surface area contributed by atoms with E-state index in [-0.39, 0.29) is 29.6 Å². The van der Waals surface area contributed by atoms with E-state index in [1.807, 2.05) is 0 Å². The summed E-state index contributed by atoms with van der Waals surface area (Å²) in [7, 11) is -4.17. The molecule has 0 heterocycles. The zero-order chi connectivity index (χ0) is 8.08. The summed E-state index contributed by atoms with van der Waals surface area (Å²) in [6, 6.07) is 0. The second-order valence-corrected chi connectivity index (χ2v) is 1.86. The van der Waals surface area contributed by atoms with Crippen molar-refractivity contribution in [2.24, 2.45) is 10.9 Å². The first-order valence-corrected chi connectivity index (χ1v) is 2.95. The molecule has 0 aromatic carbocycles. The number of primary amides is 1. The molecule has 5 N–H and O–H groups in total. The zero-order valence-corrected chi connectivity index (χ0v) is 7.96. The van der Waals surface area contributed by atoms with Gasteiger partial charge in [0.1, 0.15) is 6.09 Å². The third-order valence-corrected chi connectivity index (χ3v) is 0. The van der Waals surface area contributed by atoms with Crippen LogP contribution in [0.15, 0.2) is 0 Å². The summed E-state index contributed by atoms with van der Waals surface area (Å²) in [4.78, 5) is 8.67. The van der Waals surface area contributed by atoms with Crippen LogP contribution in [0.2, 0.25) is 0 Å². The van der Waals surface area contributed by atoms with E-state index >= 15 is 0 Å². The fourth-order valence-electron chi connectivity index (χ4n) is 0. The van der Waals surface area contributed by atoms with Crippen molar-refractivity contribution in [2.75, 3.05) is 0 Å². The van der Waals surface area contributed by atoms with E-state index in [0.717, 1.165) is 0 Å². The van der Waals surface area contributed by atoms with Crippen LogP contribution in [0.3, 0.4) is 0 Å². The van der Waals surface area contributed by atoms with E-state index in [1.54, 1.807) is 0 Å². The van der Waals surface area contributed by atoms with Gasteiger partial charge in [0.2, 0.25) is 0 Å². The Bertz CT molecular complexity index is 162. The Morgan fingerprint density at radius 2 is 1.50 bits per heavy atom. The summed E-state index contributed by atoms with van der Waals surface area (Å²) in [6.45, 7) is 0. The van der Waals surface area contributed by atoms with Gasteiger partial charge in [-0.15, -0.1) is 0 Å². The molecule has 0 aliphatic heterocycles. The number of rotatable bonds is 0. The summed E-state index contributed by atoms with van der Waals surface area (Å²) < 4.78 is 25.2. The van der Waals surface area contributed by atoms with Crippen molar-refractivity contribution in [1.82, 2.24) is 0 Å². The second kappa shape index (κ2) is 7.25. The fraction of sp³-hybridized carbons (Fsp3) is 0. The summed E-state index contributed by atoms with van der Waals surface area (Å²) in [5.74, 6) is 0. The number of amides is 1. The Hall–Kier alpha value is 0.140. The molecule has 0 radical (unpaired) electrons. The van der Waals surface area contributed by atoms with Gasteiger partial charge in [0.25, 0.3) is 0 Å². The quantitative estimate of drug-likeness (QED) is 0.251. The monoisotopic (exact) mass is 180 g/mol. The topological polar surface area (TPSA) is 147 Å². The Morgan fingerprint density at radius 1 is 1.50 bits per heavy atom. The first-order chi connectivity index (χ1) is 3.73. The van der Waals surface area contributed by atoms with Crippen LogP contribution in [-0.4, -0.2) is 19.1 Å². The van der Waals surface area contributed by atoms with Gasteiger partial charge in [-0.05, 0) is 0 Å². The molecule has 1 amide bonds. The first-order valence-electron chi connectivity index (χ1n) is 1.45.